The zero-order valence-electron chi connectivity index (χ0n) is 16.3. The predicted octanol–water partition coefficient (Wildman–Crippen LogP) is 2.24. The maximum absolute atomic E-state index is 4.60. The molecule has 0 spiro atoms. The second-order valence-corrected chi connectivity index (χ2v) is 7.26. The molecule has 2 aromatic heterocycles. The van der Waals surface area contributed by atoms with E-state index in [4.69, 9.17) is 0 Å². The molecule has 2 heterocycles. The van der Waals surface area contributed by atoms with E-state index in [1.54, 1.807) is 6.33 Å². The average Bonchev–Trinajstić information content (AvgIpc) is 2.89. The Morgan fingerprint density at radius 3 is 2.58 bits per heavy atom. The summed E-state index contributed by atoms with van der Waals surface area (Å²) in [5, 5.41) is 4.68. The fraction of sp³-hybridized carbons (Fsp3) is 0.429. The zero-order chi connectivity index (χ0) is 18.5. The van der Waals surface area contributed by atoms with Gasteiger partial charge in [-0.2, -0.15) is 0 Å². The van der Waals surface area contributed by atoms with Gasteiger partial charge in [-0.25, -0.2) is 9.97 Å². The van der Waals surface area contributed by atoms with Gasteiger partial charge in [-0.3, -0.25) is 0 Å². The number of fused-ring (bicyclic) bond motifs is 1. The summed E-state index contributed by atoms with van der Waals surface area (Å²) in [6, 6.07) is 10.6. The number of quaternary nitrogens is 1. The molecule has 1 aromatic carbocycles. The first-order valence-corrected chi connectivity index (χ1v) is 9.45. The fourth-order valence-electron chi connectivity index (χ4n) is 3.41. The number of hydrogen-bond donors (Lipinski definition) is 2. The van der Waals surface area contributed by atoms with Crippen molar-refractivity contribution < 1.29 is 4.90 Å². The summed E-state index contributed by atoms with van der Waals surface area (Å²) in [7, 11) is 4.37. The van der Waals surface area contributed by atoms with Gasteiger partial charge >= 0.3 is 0 Å². The number of hydrogen-bond acceptors (Lipinski definition) is 3. The lowest BCUT2D eigenvalue weighted by atomic mass is 10.1. The highest BCUT2D eigenvalue weighted by atomic mass is 15.1. The van der Waals surface area contributed by atoms with Gasteiger partial charge in [0.25, 0.3) is 0 Å². The van der Waals surface area contributed by atoms with Crippen LogP contribution in [-0.2, 0) is 13.0 Å². The Morgan fingerprint density at radius 2 is 1.85 bits per heavy atom. The van der Waals surface area contributed by atoms with Gasteiger partial charge in [0.05, 0.1) is 26.0 Å². The third-order valence-electron chi connectivity index (χ3n) is 5.02. The van der Waals surface area contributed by atoms with Crippen LogP contribution in [0.2, 0.25) is 0 Å². The fourth-order valence-corrected chi connectivity index (χ4v) is 3.41. The highest BCUT2D eigenvalue weighted by Crippen LogP contribution is 2.28. The SMILES string of the molecule is Cc1c(C)n(CCc2ccccc2)c2ncnc(NCCC[NH+](C)C)c12. The van der Waals surface area contributed by atoms with Gasteiger partial charge in [0.15, 0.2) is 0 Å². The summed E-state index contributed by atoms with van der Waals surface area (Å²) in [5.74, 6) is 0.961. The van der Waals surface area contributed by atoms with Crippen LogP contribution in [-0.4, -0.2) is 41.7 Å². The number of benzene rings is 1. The van der Waals surface area contributed by atoms with Gasteiger partial charge in [0.2, 0.25) is 0 Å². The van der Waals surface area contributed by atoms with E-state index in [9.17, 15) is 0 Å². The summed E-state index contributed by atoms with van der Waals surface area (Å²) >= 11 is 0. The van der Waals surface area contributed by atoms with Gasteiger partial charge in [-0.15, -0.1) is 0 Å². The molecule has 0 atom stereocenters. The molecule has 0 aliphatic heterocycles. The van der Waals surface area contributed by atoms with Crippen LogP contribution in [0.15, 0.2) is 36.7 Å². The molecule has 5 heteroatoms. The smallest absolute Gasteiger partial charge is 0.145 e. The van der Waals surface area contributed by atoms with E-state index in [-0.39, 0.29) is 0 Å². The first-order valence-electron chi connectivity index (χ1n) is 9.45. The molecule has 0 unspecified atom stereocenters. The number of nitrogens with zero attached hydrogens (tertiary/aromatic N) is 3. The third kappa shape index (κ3) is 4.05. The average molecular weight is 353 g/mol. The Bertz CT molecular complexity index is 852. The van der Waals surface area contributed by atoms with E-state index in [0.717, 1.165) is 49.3 Å². The molecule has 0 radical (unpaired) electrons. The standard InChI is InChI=1S/C21H29N5/c1-16-17(2)26(14-11-18-9-6-5-7-10-18)21-19(16)20(23-15-24-21)22-12-8-13-25(3)4/h5-7,9-10,15H,8,11-14H2,1-4H3,(H,22,23,24)/p+1. The molecule has 26 heavy (non-hydrogen) atoms. The van der Waals surface area contributed by atoms with Crippen molar-refractivity contribution in [1.29, 1.82) is 0 Å². The molecular formula is C21H30N5+. The molecule has 0 bridgehead atoms. The Balaban J connectivity index is 1.82. The highest BCUT2D eigenvalue weighted by Gasteiger charge is 2.16. The highest BCUT2D eigenvalue weighted by molar-refractivity contribution is 5.91. The molecule has 3 aromatic rings. The summed E-state index contributed by atoms with van der Waals surface area (Å²) in [5.41, 5.74) is 4.93. The first-order chi connectivity index (χ1) is 12.6. The lowest BCUT2D eigenvalue weighted by Crippen LogP contribution is -3.05. The van der Waals surface area contributed by atoms with E-state index < -0.39 is 0 Å². The topological polar surface area (TPSA) is 47.2 Å². The van der Waals surface area contributed by atoms with E-state index >= 15 is 0 Å². The summed E-state index contributed by atoms with van der Waals surface area (Å²) in [6.45, 7) is 7.37. The van der Waals surface area contributed by atoms with Crippen molar-refractivity contribution in [3.63, 3.8) is 0 Å². The molecule has 2 N–H and O–H groups in total. The number of nitrogens with one attached hydrogen (secondary N) is 2. The molecular weight excluding hydrogens is 322 g/mol. The van der Waals surface area contributed by atoms with Crippen molar-refractivity contribution in [3.05, 3.63) is 53.5 Å². The van der Waals surface area contributed by atoms with E-state index in [0.29, 0.717) is 0 Å². The Hall–Kier alpha value is -2.40. The molecule has 5 nitrogen and oxygen atoms in total. The molecule has 0 aliphatic carbocycles. The molecule has 0 amide bonds. The summed E-state index contributed by atoms with van der Waals surface area (Å²) < 4.78 is 2.33. The van der Waals surface area contributed by atoms with Crippen LogP contribution in [0.5, 0.6) is 0 Å². The van der Waals surface area contributed by atoms with Crippen LogP contribution in [0, 0.1) is 13.8 Å². The second kappa shape index (κ2) is 8.32. The Kier molecular flexibility index (Phi) is 5.89. The minimum absolute atomic E-state index is 0.931. The van der Waals surface area contributed by atoms with Crippen molar-refractivity contribution in [2.24, 2.45) is 0 Å². The number of aromatic nitrogens is 3. The van der Waals surface area contributed by atoms with Crippen molar-refractivity contribution >= 4 is 16.9 Å². The minimum Gasteiger partial charge on any atom is -0.369 e. The van der Waals surface area contributed by atoms with Crippen LogP contribution >= 0.6 is 0 Å². The maximum atomic E-state index is 4.60. The van der Waals surface area contributed by atoms with Gasteiger partial charge in [0, 0.05) is 25.2 Å². The summed E-state index contributed by atoms with van der Waals surface area (Å²) in [4.78, 5) is 10.6. The third-order valence-corrected chi connectivity index (χ3v) is 5.02. The Morgan fingerprint density at radius 1 is 1.08 bits per heavy atom. The maximum Gasteiger partial charge on any atom is 0.145 e. The number of aryl methyl sites for hydroxylation is 3. The van der Waals surface area contributed by atoms with E-state index in [1.165, 1.54) is 21.7 Å². The van der Waals surface area contributed by atoms with Crippen LogP contribution in [0.1, 0.15) is 23.2 Å². The molecule has 0 aliphatic rings. The van der Waals surface area contributed by atoms with Crippen LogP contribution < -0.4 is 10.2 Å². The minimum atomic E-state index is 0.931. The van der Waals surface area contributed by atoms with E-state index in [1.807, 2.05) is 0 Å². The lowest BCUT2D eigenvalue weighted by Gasteiger charge is -2.10. The van der Waals surface area contributed by atoms with Gasteiger partial charge in [-0.1, -0.05) is 30.3 Å². The van der Waals surface area contributed by atoms with Crippen molar-refractivity contribution in [2.75, 3.05) is 32.5 Å². The zero-order valence-corrected chi connectivity index (χ0v) is 16.3. The van der Waals surface area contributed by atoms with Crippen LogP contribution in [0.4, 0.5) is 5.82 Å². The largest absolute Gasteiger partial charge is 0.369 e. The second-order valence-electron chi connectivity index (χ2n) is 7.26. The normalized spacial score (nSPS) is 11.4. The molecule has 3 rings (SSSR count). The molecule has 0 saturated carbocycles. The number of anilines is 1. The van der Waals surface area contributed by atoms with Crippen LogP contribution in [0.3, 0.4) is 0 Å². The number of rotatable bonds is 8. The molecule has 0 saturated heterocycles. The van der Waals surface area contributed by atoms with Crippen molar-refractivity contribution in [2.45, 2.75) is 33.2 Å². The quantitative estimate of drug-likeness (QED) is 0.611. The van der Waals surface area contributed by atoms with E-state index in [2.05, 4.69) is 78.1 Å². The van der Waals surface area contributed by atoms with Gasteiger partial charge in [0.1, 0.15) is 17.8 Å². The monoisotopic (exact) mass is 352 g/mol. The molecule has 138 valence electrons. The van der Waals surface area contributed by atoms with Gasteiger partial charge < -0.3 is 14.8 Å². The Labute approximate surface area is 156 Å². The lowest BCUT2D eigenvalue weighted by molar-refractivity contribution is -0.858. The predicted molar refractivity (Wildman–Crippen MR) is 108 cm³/mol. The summed E-state index contributed by atoms with van der Waals surface area (Å²) in [6.07, 6.45) is 3.81. The first kappa shape index (κ1) is 18.4. The van der Waals surface area contributed by atoms with Gasteiger partial charge in [-0.05, 0) is 31.4 Å². The van der Waals surface area contributed by atoms with Crippen molar-refractivity contribution in [3.8, 4) is 0 Å². The van der Waals surface area contributed by atoms with Crippen molar-refractivity contribution in [1.82, 2.24) is 14.5 Å². The molecule has 0 fully saturated rings. The van der Waals surface area contributed by atoms with Crippen LogP contribution in [0.25, 0.3) is 11.0 Å².